The van der Waals surface area contributed by atoms with E-state index in [9.17, 15) is 13.2 Å². The molecule has 0 aliphatic heterocycles. The van der Waals surface area contributed by atoms with Crippen LogP contribution in [0.4, 0.5) is 5.69 Å². The first-order valence-electron chi connectivity index (χ1n) is 6.26. The number of hydrogen-bond donors (Lipinski definition) is 2. The topological polar surface area (TPSA) is 83.5 Å². The number of benzene rings is 1. The van der Waals surface area contributed by atoms with Gasteiger partial charge >= 0.3 is 5.97 Å². The molecule has 1 atom stereocenters. The molecule has 0 saturated carbocycles. The minimum atomic E-state index is -3.55. The summed E-state index contributed by atoms with van der Waals surface area (Å²) in [6, 6.07) is 9.96. The number of hydrogen-bond acceptors (Lipinski definition) is 4. The van der Waals surface area contributed by atoms with Gasteiger partial charge in [-0.15, -0.1) is 11.3 Å². The molecule has 0 radical (unpaired) electrons. The summed E-state index contributed by atoms with van der Waals surface area (Å²) < 4.78 is 26.8. The molecule has 0 spiro atoms. The molecule has 0 saturated heterocycles. The Morgan fingerprint density at radius 2 is 1.95 bits per heavy atom. The van der Waals surface area contributed by atoms with Crippen molar-refractivity contribution in [3.05, 3.63) is 47.3 Å². The highest BCUT2D eigenvalue weighted by atomic mass is 32.2. The van der Waals surface area contributed by atoms with E-state index >= 15 is 0 Å². The Hall–Kier alpha value is -1.86. The Labute approximate surface area is 127 Å². The number of sulfonamides is 1. The zero-order valence-corrected chi connectivity index (χ0v) is 12.9. The molecule has 0 aliphatic rings. The Kier molecular flexibility index (Phi) is 4.64. The summed E-state index contributed by atoms with van der Waals surface area (Å²) in [6.45, 7) is 1.82. The van der Waals surface area contributed by atoms with E-state index in [2.05, 4.69) is 4.72 Å². The van der Waals surface area contributed by atoms with Gasteiger partial charge in [0.05, 0.1) is 6.42 Å². The van der Waals surface area contributed by atoms with E-state index in [1.54, 1.807) is 35.7 Å². The Morgan fingerprint density at radius 3 is 2.48 bits per heavy atom. The van der Waals surface area contributed by atoms with Gasteiger partial charge in [-0.1, -0.05) is 25.1 Å². The number of aliphatic carboxylic acids is 1. The van der Waals surface area contributed by atoms with Crippen molar-refractivity contribution in [2.24, 2.45) is 0 Å². The average Bonchev–Trinajstić information content (AvgIpc) is 2.93. The van der Waals surface area contributed by atoms with Gasteiger partial charge in [-0.25, -0.2) is 8.42 Å². The van der Waals surface area contributed by atoms with Gasteiger partial charge in [-0.3, -0.25) is 9.52 Å². The maximum atomic E-state index is 12.0. The van der Waals surface area contributed by atoms with E-state index < -0.39 is 16.0 Å². The van der Waals surface area contributed by atoms with Crippen LogP contribution in [-0.2, 0) is 14.8 Å². The van der Waals surface area contributed by atoms with Crippen molar-refractivity contribution in [3.8, 4) is 0 Å². The van der Waals surface area contributed by atoms with Crippen LogP contribution in [0.25, 0.3) is 0 Å². The zero-order valence-electron chi connectivity index (χ0n) is 11.3. The third-order valence-electron chi connectivity index (χ3n) is 2.97. The molecule has 0 amide bonds. The van der Waals surface area contributed by atoms with Crippen LogP contribution < -0.4 is 4.72 Å². The quantitative estimate of drug-likeness (QED) is 0.854. The molecule has 21 heavy (non-hydrogen) atoms. The SMILES string of the molecule is CC(CC(=O)O)c1ccc(NS(=O)(=O)c2cccs2)cc1. The number of anilines is 1. The van der Waals surface area contributed by atoms with Crippen LogP contribution in [-0.4, -0.2) is 19.5 Å². The summed E-state index contributed by atoms with van der Waals surface area (Å²) in [6.07, 6.45) is 0.0419. The third kappa shape index (κ3) is 4.05. The summed E-state index contributed by atoms with van der Waals surface area (Å²) in [5, 5.41) is 10.5. The molecule has 2 aromatic rings. The number of carboxylic acid groups (broad SMARTS) is 1. The van der Waals surface area contributed by atoms with Crippen molar-refractivity contribution < 1.29 is 18.3 Å². The second-order valence-electron chi connectivity index (χ2n) is 4.66. The molecule has 2 rings (SSSR count). The number of rotatable bonds is 6. The summed E-state index contributed by atoms with van der Waals surface area (Å²) in [5.74, 6) is -0.976. The van der Waals surface area contributed by atoms with E-state index in [1.807, 2.05) is 6.92 Å². The van der Waals surface area contributed by atoms with Gasteiger partial charge in [0.2, 0.25) is 0 Å². The van der Waals surface area contributed by atoms with E-state index in [-0.39, 0.29) is 16.5 Å². The van der Waals surface area contributed by atoms with Gasteiger partial charge in [0.1, 0.15) is 4.21 Å². The lowest BCUT2D eigenvalue weighted by Gasteiger charge is -2.11. The van der Waals surface area contributed by atoms with Crippen LogP contribution in [0.2, 0.25) is 0 Å². The third-order valence-corrected chi connectivity index (χ3v) is 5.75. The van der Waals surface area contributed by atoms with Gasteiger partial charge in [-0.05, 0) is 35.1 Å². The van der Waals surface area contributed by atoms with Gasteiger partial charge < -0.3 is 5.11 Å². The fourth-order valence-corrected chi connectivity index (χ4v) is 3.93. The van der Waals surface area contributed by atoms with Crippen LogP contribution in [0.3, 0.4) is 0 Å². The van der Waals surface area contributed by atoms with Crippen molar-refractivity contribution in [2.45, 2.75) is 23.5 Å². The maximum Gasteiger partial charge on any atom is 0.303 e. The van der Waals surface area contributed by atoms with Gasteiger partial charge in [-0.2, -0.15) is 0 Å². The molecule has 112 valence electrons. The van der Waals surface area contributed by atoms with Crippen LogP contribution in [0.1, 0.15) is 24.8 Å². The second kappa shape index (κ2) is 6.28. The van der Waals surface area contributed by atoms with Crippen molar-refractivity contribution in [3.63, 3.8) is 0 Å². The molecule has 0 aliphatic carbocycles. The van der Waals surface area contributed by atoms with Crippen LogP contribution in [0.15, 0.2) is 46.0 Å². The van der Waals surface area contributed by atoms with Crippen molar-refractivity contribution in [2.75, 3.05) is 4.72 Å². The fraction of sp³-hybridized carbons (Fsp3) is 0.214. The smallest absolute Gasteiger partial charge is 0.303 e. The zero-order chi connectivity index (χ0) is 15.5. The first kappa shape index (κ1) is 15.5. The molecule has 2 N–H and O–H groups in total. The van der Waals surface area contributed by atoms with Crippen molar-refractivity contribution in [1.82, 2.24) is 0 Å². The van der Waals surface area contributed by atoms with Crippen LogP contribution in [0.5, 0.6) is 0 Å². The Balaban J connectivity index is 2.11. The number of carbonyl (C=O) groups is 1. The molecule has 5 nitrogen and oxygen atoms in total. The molecule has 0 bridgehead atoms. The summed E-state index contributed by atoms with van der Waals surface area (Å²) in [4.78, 5) is 10.7. The normalized spacial score (nSPS) is 12.8. The molecule has 1 aromatic carbocycles. The maximum absolute atomic E-state index is 12.0. The number of carboxylic acids is 1. The van der Waals surface area contributed by atoms with Crippen molar-refractivity contribution >= 4 is 33.0 Å². The summed E-state index contributed by atoms with van der Waals surface area (Å²) in [7, 11) is -3.55. The molecule has 1 aromatic heterocycles. The van der Waals surface area contributed by atoms with Crippen LogP contribution in [0, 0.1) is 0 Å². The van der Waals surface area contributed by atoms with Crippen LogP contribution >= 0.6 is 11.3 Å². The average molecular weight is 325 g/mol. The van der Waals surface area contributed by atoms with E-state index in [1.165, 1.54) is 6.07 Å². The first-order chi connectivity index (χ1) is 9.88. The highest BCUT2D eigenvalue weighted by Gasteiger charge is 2.15. The van der Waals surface area contributed by atoms with E-state index in [0.29, 0.717) is 5.69 Å². The summed E-state index contributed by atoms with van der Waals surface area (Å²) in [5.41, 5.74) is 1.31. The Morgan fingerprint density at radius 1 is 1.29 bits per heavy atom. The molecular formula is C14H15NO4S2. The molecule has 0 fully saturated rings. The highest BCUT2D eigenvalue weighted by Crippen LogP contribution is 2.23. The van der Waals surface area contributed by atoms with E-state index in [4.69, 9.17) is 5.11 Å². The molecule has 1 heterocycles. The second-order valence-corrected chi connectivity index (χ2v) is 7.52. The predicted octanol–water partition coefficient (Wildman–Crippen LogP) is 3.13. The lowest BCUT2D eigenvalue weighted by atomic mass is 9.98. The standard InChI is InChI=1S/C14H15NO4S2/c1-10(9-13(16)17)11-4-6-12(7-5-11)15-21(18,19)14-3-2-8-20-14/h2-8,10,15H,9H2,1H3,(H,16,17). The minimum absolute atomic E-state index is 0.0419. The number of thiophene rings is 1. The monoisotopic (exact) mass is 325 g/mol. The van der Waals surface area contributed by atoms with Gasteiger partial charge in [0, 0.05) is 5.69 Å². The van der Waals surface area contributed by atoms with Crippen molar-refractivity contribution in [1.29, 1.82) is 0 Å². The van der Waals surface area contributed by atoms with Gasteiger partial charge in [0.25, 0.3) is 10.0 Å². The lowest BCUT2D eigenvalue weighted by molar-refractivity contribution is -0.137. The largest absolute Gasteiger partial charge is 0.481 e. The molecule has 7 heteroatoms. The van der Waals surface area contributed by atoms with Gasteiger partial charge in [0.15, 0.2) is 0 Å². The molecular weight excluding hydrogens is 310 g/mol. The summed E-state index contributed by atoms with van der Waals surface area (Å²) >= 11 is 1.15. The predicted molar refractivity (Wildman–Crippen MR) is 82.2 cm³/mol. The highest BCUT2D eigenvalue weighted by molar-refractivity contribution is 7.94. The fourth-order valence-electron chi connectivity index (χ4n) is 1.88. The van der Waals surface area contributed by atoms with E-state index in [0.717, 1.165) is 16.9 Å². The number of nitrogens with one attached hydrogen (secondary N) is 1. The lowest BCUT2D eigenvalue weighted by Crippen LogP contribution is -2.11. The molecule has 1 unspecified atom stereocenters. The minimum Gasteiger partial charge on any atom is -0.481 e. The Bertz CT molecular complexity index is 706. The first-order valence-corrected chi connectivity index (χ1v) is 8.63.